The second kappa shape index (κ2) is 12.2. The van der Waals surface area contributed by atoms with Crippen molar-refractivity contribution in [3.05, 3.63) is 99.2 Å². The van der Waals surface area contributed by atoms with Gasteiger partial charge in [0, 0.05) is 28.0 Å². The van der Waals surface area contributed by atoms with Gasteiger partial charge in [-0.05, 0) is 106 Å². The van der Waals surface area contributed by atoms with E-state index >= 15 is 0 Å². The number of hydrogen-bond acceptors (Lipinski definition) is 6. The van der Waals surface area contributed by atoms with E-state index in [2.05, 4.69) is 15.2 Å². The molecule has 1 saturated heterocycles. The van der Waals surface area contributed by atoms with Gasteiger partial charge in [-0.3, -0.25) is 24.6 Å². The first-order valence-electron chi connectivity index (χ1n) is 14.6. The molecule has 224 valence electrons. The Kier molecular flexibility index (Phi) is 8.20. The lowest BCUT2D eigenvalue weighted by molar-refractivity contribution is -0.122. The summed E-state index contributed by atoms with van der Waals surface area (Å²) in [6.07, 6.45) is 5.54. The summed E-state index contributed by atoms with van der Waals surface area (Å²) in [5, 5.41) is 6.60. The topological polar surface area (TPSA) is 92.7 Å². The maximum atomic E-state index is 13.8. The predicted octanol–water partition coefficient (Wildman–Crippen LogP) is 6.52. The Labute approximate surface area is 265 Å². The Morgan fingerprint density at radius 2 is 1.84 bits per heavy atom. The van der Waals surface area contributed by atoms with Gasteiger partial charge >= 0.3 is 0 Å². The van der Waals surface area contributed by atoms with Crippen molar-refractivity contribution in [2.45, 2.75) is 46.5 Å². The smallest absolute Gasteiger partial charge is 0.270 e. The summed E-state index contributed by atoms with van der Waals surface area (Å²) in [6.45, 7) is 6.26. The first-order chi connectivity index (χ1) is 21.3. The summed E-state index contributed by atoms with van der Waals surface area (Å²) in [7, 11) is 0. The molecule has 44 heavy (non-hydrogen) atoms. The summed E-state index contributed by atoms with van der Waals surface area (Å²) in [4.78, 5) is 43.2. The molecule has 1 fully saturated rings. The molecule has 2 N–H and O–H groups in total. The van der Waals surface area contributed by atoms with Crippen LogP contribution in [0, 0.1) is 13.8 Å². The van der Waals surface area contributed by atoms with Crippen LogP contribution in [-0.4, -0.2) is 34.0 Å². The number of anilines is 2. The second-order valence-electron chi connectivity index (χ2n) is 10.8. The van der Waals surface area contributed by atoms with Crippen LogP contribution in [0.3, 0.4) is 0 Å². The van der Waals surface area contributed by atoms with E-state index in [0.29, 0.717) is 29.2 Å². The van der Waals surface area contributed by atoms with E-state index in [1.807, 2.05) is 57.2 Å². The zero-order chi connectivity index (χ0) is 31.0. The molecule has 0 atom stereocenters. The lowest BCUT2D eigenvalue weighted by Gasteiger charge is -2.29. The highest BCUT2D eigenvalue weighted by molar-refractivity contribution is 7.80. The van der Waals surface area contributed by atoms with E-state index < -0.39 is 11.8 Å². The number of carbonyl (C=O) groups excluding carboxylic acids is 3. The minimum atomic E-state index is -0.559. The molecule has 0 bridgehead atoms. The van der Waals surface area contributed by atoms with Gasteiger partial charge in [0.2, 0.25) is 0 Å². The lowest BCUT2D eigenvalue weighted by atomic mass is 9.95. The Balaban J connectivity index is 1.40. The standard InChI is InChI=1S/C34H32N4O4S2/c1-4-42-25-14-10-13-24(19-25)38-32(41)27(30(39)36-34(38)43)18-22-17-20(2)37(21(22)3)33-29(26-15-8-9-16-28(26)44-33)31(40)35-23-11-6-5-7-12-23/h5-7,10-14,17-19H,4,8-9,15-16H2,1-3H3,(H,35,40)(H,36,39,43)/b27-18+. The van der Waals surface area contributed by atoms with Crippen molar-refractivity contribution < 1.29 is 19.1 Å². The number of nitrogens with one attached hydrogen (secondary N) is 2. The maximum Gasteiger partial charge on any atom is 0.270 e. The van der Waals surface area contributed by atoms with Crippen LogP contribution in [0.5, 0.6) is 5.75 Å². The zero-order valence-electron chi connectivity index (χ0n) is 24.7. The molecular weight excluding hydrogens is 593 g/mol. The van der Waals surface area contributed by atoms with E-state index in [4.69, 9.17) is 17.0 Å². The van der Waals surface area contributed by atoms with Gasteiger partial charge in [0.15, 0.2) is 5.11 Å². The van der Waals surface area contributed by atoms with Gasteiger partial charge in [-0.25, -0.2) is 0 Å². The predicted molar refractivity (Wildman–Crippen MR) is 178 cm³/mol. The fourth-order valence-corrected chi connectivity index (χ4v) is 7.61. The Hall–Kier alpha value is -4.54. The highest BCUT2D eigenvalue weighted by Crippen LogP contribution is 2.39. The number of ether oxygens (including phenoxy) is 1. The normalized spacial score (nSPS) is 15.8. The minimum Gasteiger partial charge on any atom is -0.494 e. The zero-order valence-corrected chi connectivity index (χ0v) is 26.4. The van der Waals surface area contributed by atoms with Crippen molar-refractivity contribution in [2.24, 2.45) is 0 Å². The number of carbonyl (C=O) groups is 3. The van der Waals surface area contributed by atoms with Crippen LogP contribution >= 0.6 is 23.6 Å². The molecule has 0 radical (unpaired) electrons. The van der Waals surface area contributed by atoms with Crippen molar-refractivity contribution in [1.29, 1.82) is 0 Å². The van der Waals surface area contributed by atoms with Crippen molar-refractivity contribution in [1.82, 2.24) is 9.88 Å². The monoisotopic (exact) mass is 624 g/mol. The fourth-order valence-electron chi connectivity index (χ4n) is 5.83. The van der Waals surface area contributed by atoms with Gasteiger partial charge in [-0.15, -0.1) is 11.3 Å². The number of para-hydroxylation sites is 1. The minimum absolute atomic E-state index is 0.00880. The molecule has 2 aliphatic rings. The van der Waals surface area contributed by atoms with Crippen LogP contribution in [0.1, 0.15) is 57.5 Å². The van der Waals surface area contributed by atoms with Gasteiger partial charge in [-0.2, -0.15) is 0 Å². The van der Waals surface area contributed by atoms with Crippen LogP contribution in [0.4, 0.5) is 11.4 Å². The number of amides is 3. The quantitative estimate of drug-likeness (QED) is 0.139. The van der Waals surface area contributed by atoms with Gasteiger partial charge in [-0.1, -0.05) is 24.3 Å². The van der Waals surface area contributed by atoms with Crippen molar-refractivity contribution >= 4 is 63.8 Å². The molecule has 0 unspecified atom stereocenters. The average molecular weight is 625 g/mol. The molecule has 8 nitrogen and oxygen atoms in total. The summed E-state index contributed by atoms with van der Waals surface area (Å²) in [6, 6.07) is 18.4. The summed E-state index contributed by atoms with van der Waals surface area (Å²) in [5.74, 6) is -0.626. The van der Waals surface area contributed by atoms with Crippen molar-refractivity contribution in [3.8, 4) is 10.8 Å². The summed E-state index contributed by atoms with van der Waals surface area (Å²) >= 11 is 7.04. The molecule has 0 spiro atoms. The molecule has 3 amide bonds. The lowest BCUT2D eigenvalue weighted by Crippen LogP contribution is -2.54. The molecular formula is C34H32N4O4S2. The van der Waals surface area contributed by atoms with E-state index in [-0.39, 0.29) is 16.6 Å². The number of thiocarbonyl (C=S) groups is 1. The molecule has 1 aliphatic heterocycles. The van der Waals surface area contributed by atoms with Gasteiger partial charge in [0.25, 0.3) is 17.7 Å². The second-order valence-corrected chi connectivity index (χ2v) is 12.2. The van der Waals surface area contributed by atoms with E-state index in [1.54, 1.807) is 41.7 Å². The third-order valence-electron chi connectivity index (χ3n) is 7.87. The number of fused-ring (bicyclic) bond motifs is 1. The fraction of sp³-hybridized carbons (Fsp3) is 0.235. The number of rotatable bonds is 7. The van der Waals surface area contributed by atoms with Crippen LogP contribution in [0.15, 0.2) is 66.2 Å². The van der Waals surface area contributed by atoms with E-state index in [1.165, 1.54) is 9.78 Å². The van der Waals surface area contributed by atoms with Gasteiger partial charge < -0.3 is 14.6 Å². The number of benzene rings is 2. The van der Waals surface area contributed by atoms with Crippen LogP contribution in [0.25, 0.3) is 11.1 Å². The summed E-state index contributed by atoms with van der Waals surface area (Å²) in [5.41, 5.74) is 5.42. The number of hydrogen-bond donors (Lipinski definition) is 2. The maximum absolute atomic E-state index is 13.8. The van der Waals surface area contributed by atoms with Crippen LogP contribution in [0.2, 0.25) is 0 Å². The highest BCUT2D eigenvalue weighted by atomic mass is 32.1. The largest absolute Gasteiger partial charge is 0.494 e. The highest BCUT2D eigenvalue weighted by Gasteiger charge is 2.35. The molecule has 0 saturated carbocycles. The number of aryl methyl sites for hydroxylation is 2. The average Bonchev–Trinajstić information content (AvgIpc) is 3.51. The number of aromatic nitrogens is 1. The third-order valence-corrected chi connectivity index (χ3v) is 9.43. The Morgan fingerprint density at radius 3 is 2.61 bits per heavy atom. The van der Waals surface area contributed by atoms with Crippen LogP contribution < -0.4 is 20.3 Å². The first-order valence-corrected chi connectivity index (χ1v) is 15.8. The Bertz CT molecular complexity index is 1840. The number of thiophene rings is 1. The molecule has 2 aromatic carbocycles. The van der Waals surface area contributed by atoms with Crippen molar-refractivity contribution in [2.75, 3.05) is 16.8 Å². The molecule has 10 heteroatoms. The van der Waals surface area contributed by atoms with E-state index in [0.717, 1.165) is 53.3 Å². The Morgan fingerprint density at radius 1 is 1.07 bits per heavy atom. The molecule has 4 aromatic rings. The summed E-state index contributed by atoms with van der Waals surface area (Å²) < 4.78 is 7.67. The molecule has 1 aliphatic carbocycles. The molecule has 3 heterocycles. The van der Waals surface area contributed by atoms with E-state index in [9.17, 15) is 14.4 Å². The third kappa shape index (κ3) is 5.46. The molecule has 6 rings (SSSR count). The van der Waals surface area contributed by atoms with Crippen molar-refractivity contribution in [3.63, 3.8) is 0 Å². The first kappa shape index (κ1) is 29.5. The van der Waals surface area contributed by atoms with Gasteiger partial charge in [0.05, 0.1) is 17.9 Å². The molecule has 2 aromatic heterocycles. The van der Waals surface area contributed by atoms with Crippen LogP contribution in [-0.2, 0) is 22.4 Å². The SMILES string of the molecule is CCOc1cccc(N2C(=O)/C(=C/c3cc(C)n(-c4sc5c(c4C(=O)Nc4ccccc4)CCCC5)c3C)C(=O)NC2=S)c1. The van der Waals surface area contributed by atoms with Gasteiger partial charge in [0.1, 0.15) is 16.3 Å². The number of nitrogens with zero attached hydrogens (tertiary/aromatic N) is 2.